The van der Waals surface area contributed by atoms with Gasteiger partial charge >= 0.3 is 19.7 Å². The molecule has 0 unspecified atom stereocenters. The van der Waals surface area contributed by atoms with E-state index in [1.807, 2.05) is 0 Å². The Bertz CT molecular complexity index is 162. The number of rotatable bonds is 0. The lowest BCUT2D eigenvalue weighted by atomic mass is 10.8. The lowest BCUT2D eigenvalue weighted by molar-refractivity contribution is -0.630. The molecule has 0 saturated heterocycles. The molecule has 0 bridgehead atoms. The molecule has 1 aliphatic rings. The topological polar surface area (TPSA) is 52.5 Å². The molecule has 1 heterocycles. The molecule has 2 radical (unpaired) electrons. The summed E-state index contributed by atoms with van der Waals surface area (Å²) >= 11 is 0. The van der Waals surface area contributed by atoms with Gasteiger partial charge in [-0.2, -0.15) is 0 Å². The van der Waals surface area contributed by atoms with Crippen molar-refractivity contribution in [3.8, 4) is 0 Å². The van der Waals surface area contributed by atoms with Crippen molar-refractivity contribution in [3.63, 3.8) is 0 Å². The van der Waals surface area contributed by atoms with Crippen LogP contribution in [0.15, 0.2) is 4.99 Å². The Morgan fingerprint density at radius 3 is 2.38 bits per heavy atom. The summed E-state index contributed by atoms with van der Waals surface area (Å²) in [5, 5.41) is 0. The minimum Gasteiger partial charge on any atom is -0.0586 e. The predicted octanol–water partition coefficient (Wildman–Crippen LogP) is -0.175. The number of nitroso groups, excluding NO2 is 2. The standard InChI is InChI=1S/C3H3N3O2/c7-5-1-4-2-6(8)3-5/h1-3H/q+2. The van der Waals surface area contributed by atoms with Gasteiger partial charge < -0.3 is 0 Å². The zero-order valence-corrected chi connectivity index (χ0v) is 3.89. The number of nitrogens with zero attached hydrogens (tertiary/aromatic N) is 3. The van der Waals surface area contributed by atoms with Crippen LogP contribution in [0.2, 0.25) is 0 Å². The van der Waals surface area contributed by atoms with Crippen molar-refractivity contribution in [2.45, 2.75) is 0 Å². The average Bonchev–Trinajstić information content (AvgIpc) is 1.64. The van der Waals surface area contributed by atoms with Crippen LogP contribution in [-0.4, -0.2) is 15.9 Å². The molecule has 8 heavy (non-hydrogen) atoms. The second-order valence-corrected chi connectivity index (χ2v) is 1.22. The van der Waals surface area contributed by atoms with Crippen LogP contribution in [0.25, 0.3) is 0 Å². The molecule has 0 fully saturated rings. The van der Waals surface area contributed by atoms with E-state index in [2.05, 4.69) is 4.99 Å². The SMILES string of the molecule is O=[N+]1[CH]N=C[N+](=O)[CH]1. The van der Waals surface area contributed by atoms with Gasteiger partial charge in [0.15, 0.2) is 0 Å². The summed E-state index contributed by atoms with van der Waals surface area (Å²) in [6, 6.07) is 0. The zero-order valence-electron chi connectivity index (χ0n) is 3.89. The van der Waals surface area contributed by atoms with Crippen LogP contribution >= 0.6 is 0 Å². The lowest BCUT2D eigenvalue weighted by Gasteiger charge is -1.79. The van der Waals surface area contributed by atoms with Crippen LogP contribution in [0, 0.1) is 23.2 Å². The van der Waals surface area contributed by atoms with Crippen LogP contribution < -0.4 is 0 Å². The first-order valence-electron chi connectivity index (χ1n) is 1.91. The Labute approximate surface area is 45.2 Å². The normalized spacial score (nSPS) is 19.5. The third-order valence-electron chi connectivity index (χ3n) is 0.589. The molecule has 5 heteroatoms. The van der Waals surface area contributed by atoms with Crippen molar-refractivity contribution in [2.24, 2.45) is 4.99 Å². The van der Waals surface area contributed by atoms with Crippen molar-refractivity contribution in [1.82, 2.24) is 0 Å². The van der Waals surface area contributed by atoms with Crippen molar-refractivity contribution in [3.05, 3.63) is 23.2 Å². The van der Waals surface area contributed by atoms with Gasteiger partial charge in [-0.25, -0.2) is 0 Å². The molecule has 0 aromatic carbocycles. The molecule has 0 aromatic rings. The fraction of sp³-hybridized carbons (Fsp3) is 0. The molecule has 5 nitrogen and oxygen atoms in total. The van der Waals surface area contributed by atoms with Crippen molar-refractivity contribution < 1.29 is 9.52 Å². The first-order valence-corrected chi connectivity index (χ1v) is 1.91. The highest BCUT2D eigenvalue weighted by atomic mass is 16.3. The minimum absolute atomic E-state index is 0.326. The summed E-state index contributed by atoms with van der Waals surface area (Å²) in [5.41, 5.74) is 0. The predicted molar refractivity (Wildman–Crippen MR) is 24.3 cm³/mol. The zero-order chi connectivity index (χ0) is 5.98. The monoisotopic (exact) mass is 113 g/mol. The van der Waals surface area contributed by atoms with Crippen molar-refractivity contribution in [2.75, 3.05) is 0 Å². The molecule has 0 saturated carbocycles. The maximum absolute atomic E-state index is 10.1. The van der Waals surface area contributed by atoms with Gasteiger partial charge in [0.05, 0.1) is 4.76 Å². The molecular formula is C3H3N3O2+2. The van der Waals surface area contributed by atoms with Crippen molar-refractivity contribution in [1.29, 1.82) is 0 Å². The van der Waals surface area contributed by atoms with Crippen molar-refractivity contribution >= 4 is 6.34 Å². The van der Waals surface area contributed by atoms with E-state index in [9.17, 15) is 9.81 Å². The maximum atomic E-state index is 10.1. The Balaban J connectivity index is 2.68. The third-order valence-corrected chi connectivity index (χ3v) is 0.589. The van der Waals surface area contributed by atoms with Gasteiger partial charge in [-0.3, -0.25) is 0 Å². The van der Waals surface area contributed by atoms with Crippen LogP contribution in [0.5, 0.6) is 0 Å². The molecule has 0 N–H and O–H groups in total. The molecule has 0 amide bonds. The highest BCUT2D eigenvalue weighted by Crippen LogP contribution is 1.92. The summed E-state index contributed by atoms with van der Waals surface area (Å²) < 4.78 is 0.653. The van der Waals surface area contributed by atoms with E-state index in [-0.39, 0.29) is 0 Å². The van der Waals surface area contributed by atoms with E-state index >= 15 is 0 Å². The van der Waals surface area contributed by atoms with Gasteiger partial charge in [0.2, 0.25) is 0 Å². The number of hydrogen-bond acceptors (Lipinski definition) is 3. The van der Waals surface area contributed by atoms with E-state index < -0.39 is 0 Å². The summed E-state index contributed by atoms with van der Waals surface area (Å²) in [6.45, 7) is 1.82. The molecule has 1 rings (SSSR count). The number of hydrogen-bond donors (Lipinski definition) is 0. The Hall–Kier alpha value is -1.13. The molecule has 0 aromatic heterocycles. The Kier molecular flexibility index (Phi) is 1.11. The summed E-state index contributed by atoms with van der Waals surface area (Å²) in [7, 11) is 0. The summed E-state index contributed by atoms with van der Waals surface area (Å²) in [4.78, 5) is 23.5. The minimum atomic E-state index is 0.326. The first-order chi connectivity index (χ1) is 3.79. The second-order valence-electron chi connectivity index (χ2n) is 1.22. The van der Waals surface area contributed by atoms with E-state index in [4.69, 9.17) is 0 Å². The molecule has 0 spiro atoms. The van der Waals surface area contributed by atoms with Gasteiger partial charge in [-0.05, 0) is 0 Å². The quantitative estimate of drug-likeness (QED) is 0.409. The fourth-order valence-electron chi connectivity index (χ4n) is 0.333. The van der Waals surface area contributed by atoms with Gasteiger partial charge in [-0.1, -0.05) is 4.91 Å². The van der Waals surface area contributed by atoms with E-state index in [1.54, 1.807) is 0 Å². The first kappa shape index (κ1) is 5.02. The maximum Gasteiger partial charge on any atom is 0.491 e. The largest absolute Gasteiger partial charge is 0.491 e. The van der Waals surface area contributed by atoms with Gasteiger partial charge in [0.25, 0.3) is 0 Å². The smallest absolute Gasteiger partial charge is 0.0586 e. The number of aliphatic imine (C=N–C) groups is 1. The molecular weight excluding hydrogens is 110 g/mol. The average molecular weight is 113 g/mol. The fourth-order valence-corrected chi connectivity index (χ4v) is 0.333. The van der Waals surface area contributed by atoms with Crippen LogP contribution in [0.1, 0.15) is 0 Å². The highest BCUT2D eigenvalue weighted by Gasteiger charge is 2.28. The van der Waals surface area contributed by atoms with Gasteiger partial charge in [0.1, 0.15) is 4.76 Å². The van der Waals surface area contributed by atoms with Gasteiger partial charge in [0, 0.05) is 9.90 Å². The Morgan fingerprint density at radius 2 is 2.00 bits per heavy atom. The van der Waals surface area contributed by atoms with E-state index in [0.29, 0.717) is 9.52 Å². The van der Waals surface area contributed by atoms with E-state index in [0.717, 1.165) is 19.7 Å². The lowest BCUT2D eigenvalue weighted by Crippen LogP contribution is -2.16. The van der Waals surface area contributed by atoms with Crippen LogP contribution in [0.4, 0.5) is 0 Å². The Morgan fingerprint density at radius 1 is 1.25 bits per heavy atom. The van der Waals surface area contributed by atoms with Crippen LogP contribution in [-0.2, 0) is 0 Å². The molecule has 1 aliphatic heterocycles. The highest BCUT2D eigenvalue weighted by molar-refractivity contribution is 5.44. The molecule has 0 atom stereocenters. The van der Waals surface area contributed by atoms with Crippen LogP contribution in [0.3, 0.4) is 0 Å². The third kappa shape index (κ3) is 0.927. The second kappa shape index (κ2) is 1.77. The van der Waals surface area contributed by atoms with E-state index in [1.165, 1.54) is 0 Å². The summed E-state index contributed by atoms with van der Waals surface area (Å²) in [5.74, 6) is 0. The summed E-state index contributed by atoms with van der Waals surface area (Å²) in [6.07, 6.45) is 0.994. The molecule has 0 aliphatic carbocycles. The molecule has 40 valence electrons. The van der Waals surface area contributed by atoms with Gasteiger partial charge in [-0.15, -0.1) is 0 Å².